The number of aromatic nitrogens is 2. The monoisotopic (exact) mass is 267 g/mol. The van der Waals surface area contributed by atoms with Gasteiger partial charge >= 0.3 is 0 Å². The van der Waals surface area contributed by atoms with Crippen LogP contribution in [0.1, 0.15) is 32.0 Å². The smallest absolute Gasteiger partial charge is 0.216 e. The second-order valence-electron chi connectivity index (χ2n) is 4.89. The molecule has 108 valence electrons. The van der Waals surface area contributed by atoms with Crippen molar-refractivity contribution in [3.8, 4) is 5.88 Å². The summed E-state index contributed by atoms with van der Waals surface area (Å²) in [4.78, 5) is 4.35. The SMILES string of the molecule is CCc1nn(C)c(OC)c1CN=C(N)NCC(C)C. The highest BCUT2D eigenvalue weighted by Crippen LogP contribution is 2.22. The maximum Gasteiger partial charge on any atom is 0.216 e. The number of aliphatic imine (C=N–C) groups is 1. The molecule has 1 heterocycles. The Labute approximate surface area is 115 Å². The Hall–Kier alpha value is -1.72. The Morgan fingerprint density at radius 2 is 2.21 bits per heavy atom. The molecule has 0 spiro atoms. The Kier molecular flexibility index (Phi) is 5.66. The summed E-state index contributed by atoms with van der Waals surface area (Å²) in [6.45, 7) is 7.62. The largest absolute Gasteiger partial charge is 0.481 e. The van der Waals surface area contributed by atoms with E-state index in [1.807, 2.05) is 7.05 Å². The molecule has 0 fully saturated rings. The van der Waals surface area contributed by atoms with E-state index in [1.54, 1.807) is 11.8 Å². The quantitative estimate of drug-likeness (QED) is 0.596. The molecule has 0 saturated carbocycles. The molecule has 0 aliphatic carbocycles. The van der Waals surface area contributed by atoms with Crippen LogP contribution in [-0.4, -0.2) is 29.4 Å². The molecule has 1 rings (SSSR count). The topological polar surface area (TPSA) is 77.5 Å². The minimum Gasteiger partial charge on any atom is -0.481 e. The van der Waals surface area contributed by atoms with Crippen LogP contribution in [-0.2, 0) is 20.0 Å². The normalized spacial score (nSPS) is 12.0. The molecule has 1 aromatic rings. The zero-order valence-corrected chi connectivity index (χ0v) is 12.5. The van der Waals surface area contributed by atoms with Crippen LogP contribution in [0, 0.1) is 5.92 Å². The average Bonchev–Trinajstić information content (AvgIpc) is 2.69. The van der Waals surface area contributed by atoms with E-state index in [0.717, 1.165) is 30.1 Å². The second kappa shape index (κ2) is 7.01. The first-order chi connectivity index (χ1) is 8.99. The van der Waals surface area contributed by atoms with Crippen LogP contribution in [0.25, 0.3) is 0 Å². The molecule has 0 saturated heterocycles. The van der Waals surface area contributed by atoms with Crippen molar-refractivity contribution in [2.75, 3.05) is 13.7 Å². The Bertz CT molecular complexity index is 436. The van der Waals surface area contributed by atoms with Gasteiger partial charge in [-0.3, -0.25) is 0 Å². The van der Waals surface area contributed by atoms with Crippen LogP contribution < -0.4 is 15.8 Å². The fourth-order valence-corrected chi connectivity index (χ4v) is 1.83. The van der Waals surface area contributed by atoms with E-state index in [-0.39, 0.29) is 0 Å². The van der Waals surface area contributed by atoms with Gasteiger partial charge in [0, 0.05) is 13.6 Å². The number of rotatable bonds is 6. The van der Waals surface area contributed by atoms with E-state index in [0.29, 0.717) is 18.4 Å². The van der Waals surface area contributed by atoms with Crippen molar-refractivity contribution in [1.82, 2.24) is 15.1 Å². The van der Waals surface area contributed by atoms with Crippen molar-refractivity contribution < 1.29 is 4.74 Å². The highest BCUT2D eigenvalue weighted by Gasteiger charge is 2.15. The summed E-state index contributed by atoms with van der Waals surface area (Å²) in [7, 11) is 3.51. The molecule has 0 aliphatic heterocycles. The number of nitrogens with zero attached hydrogens (tertiary/aromatic N) is 3. The lowest BCUT2D eigenvalue weighted by Gasteiger charge is -2.08. The summed E-state index contributed by atoms with van der Waals surface area (Å²) in [5.41, 5.74) is 7.83. The molecular weight excluding hydrogens is 242 g/mol. The number of ether oxygens (including phenoxy) is 1. The predicted molar refractivity (Wildman–Crippen MR) is 77.3 cm³/mol. The predicted octanol–water partition coefficient (Wildman–Crippen LogP) is 1.05. The summed E-state index contributed by atoms with van der Waals surface area (Å²) >= 11 is 0. The number of aryl methyl sites for hydroxylation is 2. The van der Waals surface area contributed by atoms with Gasteiger partial charge in [0.25, 0.3) is 0 Å². The fraction of sp³-hybridized carbons (Fsp3) is 0.692. The van der Waals surface area contributed by atoms with Gasteiger partial charge in [-0.15, -0.1) is 0 Å². The van der Waals surface area contributed by atoms with Gasteiger partial charge in [0.1, 0.15) is 0 Å². The average molecular weight is 267 g/mol. The van der Waals surface area contributed by atoms with Crippen molar-refractivity contribution in [1.29, 1.82) is 0 Å². The lowest BCUT2D eigenvalue weighted by atomic mass is 10.2. The molecule has 0 aromatic carbocycles. The van der Waals surface area contributed by atoms with Crippen molar-refractivity contribution in [2.45, 2.75) is 33.7 Å². The lowest BCUT2D eigenvalue weighted by Crippen LogP contribution is -2.34. The molecule has 0 aliphatic rings. The third-order valence-electron chi connectivity index (χ3n) is 2.80. The maximum absolute atomic E-state index is 5.83. The third-order valence-corrected chi connectivity index (χ3v) is 2.80. The summed E-state index contributed by atoms with van der Waals surface area (Å²) < 4.78 is 7.10. The molecule has 19 heavy (non-hydrogen) atoms. The maximum atomic E-state index is 5.83. The standard InChI is InChI=1S/C13H25N5O/c1-6-11-10(12(19-5)18(4)17-11)8-16-13(14)15-7-9(2)3/h9H,6-8H2,1-5H3,(H3,14,15,16). The summed E-state index contributed by atoms with van der Waals surface area (Å²) in [5.74, 6) is 1.74. The van der Waals surface area contributed by atoms with Crippen LogP contribution in [0.2, 0.25) is 0 Å². The number of hydrogen-bond acceptors (Lipinski definition) is 3. The van der Waals surface area contributed by atoms with Gasteiger partial charge in [-0.2, -0.15) is 5.10 Å². The van der Waals surface area contributed by atoms with Gasteiger partial charge in [-0.1, -0.05) is 20.8 Å². The van der Waals surface area contributed by atoms with Gasteiger partial charge in [-0.25, -0.2) is 9.67 Å². The molecular formula is C13H25N5O. The van der Waals surface area contributed by atoms with E-state index in [1.165, 1.54) is 0 Å². The number of nitrogens with two attached hydrogens (primary N) is 1. The van der Waals surface area contributed by atoms with E-state index in [9.17, 15) is 0 Å². The minimum absolute atomic E-state index is 0.460. The van der Waals surface area contributed by atoms with Gasteiger partial charge in [0.2, 0.25) is 5.88 Å². The molecule has 0 amide bonds. The number of guanidine groups is 1. The highest BCUT2D eigenvalue weighted by atomic mass is 16.5. The first kappa shape index (κ1) is 15.3. The minimum atomic E-state index is 0.460. The molecule has 0 bridgehead atoms. The Balaban J connectivity index is 2.78. The summed E-state index contributed by atoms with van der Waals surface area (Å²) in [6, 6.07) is 0. The van der Waals surface area contributed by atoms with E-state index < -0.39 is 0 Å². The van der Waals surface area contributed by atoms with E-state index >= 15 is 0 Å². The van der Waals surface area contributed by atoms with Gasteiger partial charge in [0.05, 0.1) is 24.9 Å². The lowest BCUT2D eigenvalue weighted by molar-refractivity contribution is 0.369. The number of nitrogens with one attached hydrogen (secondary N) is 1. The van der Waals surface area contributed by atoms with Crippen LogP contribution >= 0.6 is 0 Å². The zero-order valence-electron chi connectivity index (χ0n) is 12.5. The summed E-state index contributed by atoms with van der Waals surface area (Å²) in [6.07, 6.45) is 0.849. The molecule has 6 nitrogen and oxygen atoms in total. The third kappa shape index (κ3) is 4.15. The van der Waals surface area contributed by atoms with Crippen LogP contribution in [0.15, 0.2) is 4.99 Å². The molecule has 3 N–H and O–H groups in total. The molecule has 0 unspecified atom stereocenters. The Morgan fingerprint density at radius 3 is 2.74 bits per heavy atom. The second-order valence-corrected chi connectivity index (χ2v) is 4.89. The summed E-state index contributed by atoms with van der Waals surface area (Å²) in [5, 5.41) is 7.51. The molecule has 0 atom stereocenters. The van der Waals surface area contributed by atoms with Crippen molar-refractivity contribution >= 4 is 5.96 Å². The highest BCUT2D eigenvalue weighted by molar-refractivity contribution is 5.77. The van der Waals surface area contributed by atoms with E-state index in [2.05, 4.69) is 36.2 Å². The molecule has 6 heteroatoms. The number of methoxy groups -OCH3 is 1. The van der Waals surface area contributed by atoms with Crippen molar-refractivity contribution in [2.24, 2.45) is 23.7 Å². The molecule has 0 radical (unpaired) electrons. The van der Waals surface area contributed by atoms with Gasteiger partial charge in [-0.05, 0) is 12.3 Å². The van der Waals surface area contributed by atoms with Crippen molar-refractivity contribution in [3.63, 3.8) is 0 Å². The van der Waals surface area contributed by atoms with Crippen LogP contribution in [0.3, 0.4) is 0 Å². The Morgan fingerprint density at radius 1 is 1.53 bits per heavy atom. The number of hydrogen-bond donors (Lipinski definition) is 2. The molecule has 1 aromatic heterocycles. The van der Waals surface area contributed by atoms with Gasteiger partial charge in [0.15, 0.2) is 5.96 Å². The first-order valence-corrected chi connectivity index (χ1v) is 6.62. The zero-order chi connectivity index (χ0) is 14.4. The first-order valence-electron chi connectivity index (χ1n) is 6.62. The fourth-order valence-electron chi connectivity index (χ4n) is 1.83. The van der Waals surface area contributed by atoms with Crippen molar-refractivity contribution in [3.05, 3.63) is 11.3 Å². The van der Waals surface area contributed by atoms with Crippen LogP contribution in [0.5, 0.6) is 5.88 Å². The van der Waals surface area contributed by atoms with E-state index in [4.69, 9.17) is 10.5 Å². The van der Waals surface area contributed by atoms with Crippen LogP contribution in [0.4, 0.5) is 0 Å². The van der Waals surface area contributed by atoms with Gasteiger partial charge < -0.3 is 15.8 Å².